The maximum atomic E-state index is 6.59. The van der Waals surface area contributed by atoms with E-state index in [1.54, 1.807) is 0 Å². The molecule has 0 spiro atoms. The Morgan fingerprint density at radius 3 is 0.738 bits per heavy atom. The Balaban J connectivity index is 1.45. The minimum atomic E-state index is -3.12. The summed E-state index contributed by atoms with van der Waals surface area (Å²) in [5, 5.41) is 17.4. The van der Waals surface area contributed by atoms with Crippen LogP contribution >= 0.6 is 14.1 Å². The topological polar surface area (TPSA) is 77.9 Å². The quantitative estimate of drug-likeness (QED) is 0.0394. The molecule has 0 fully saturated rings. The molecule has 14 heteroatoms. The van der Waals surface area contributed by atoms with Gasteiger partial charge in [0.25, 0.3) is 0 Å². The zero-order chi connectivity index (χ0) is 58.2. The third kappa shape index (κ3) is 11.1. The van der Waals surface area contributed by atoms with E-state index in [-0.39, 0.29) is 0 Å². The minimum absolute atomic E-state index is 0.508. The Labute approximate surface area is 494 Å². The third-order valence-electron chi connectivity index (χ3n) is 15.0. The molecule has 0 N–H and O–H groups in total. The van der Waals surface area contributed by atoms with Crippen LogP contribution in [-0.4, -0.2) is 56.4 Å². The fourth-order valence-corrected chi connectivity index (χ4v) is 17.4. The Kier molecular flexibility index (Phi) is 16.7. The normalized spacial score (nSPS) is 11.5. The van der Waals surface area contributed by atoms with E-state index < -0.39 is 14.1 Å². The standard InChI is InChI=1S/C70H70N12P2/c1-75(2)55-39-47-79(48-40-55)67-65(71-73-74-84(62-33-21-12-22-34-62,63-35-23-13-24-36-63)64-37-25-14-26-38-64)66(72-83(59-27-15-9-16-28-59,60-29-17-10-18-30-60)61-31-19-11-20-32-61)68(80-49-41-56(42-50-80)76(3)4)70(82-53-45-58(46-54-82)78(7)8)69(67)81-51-43-57(44-52-81)77(5)6/h9-54H,1-8H3/q+4. The summed E-state index contributed by atoms with van der Waals surface area (Å²) >= 11 is 0. The number of rotatable bonds is 17. The molecule has 0 aliphatic rings. The first kappa shape index (κ1) is 56.3. The number of benzene rings is 7. The first-order chi connectivity index (χ1) is 41.0. The van der Waals surface area contributed by atoms with E-state index in [4.69, 9.17) is 19.9 Å². The van der Waals surface area contributed by atoms with Crippen LogP contribution in [0, 0.1) is 0 Å². The Bertz CT molecular complexity index is 3940. The molecule has 84 heavy (non-hydrogen) atoms. The lowest BCUT2D eigenvalue weighted by atomic mass is 10.1. The largest absolute Gasteiger partial charge is 0.377 e. The van der Waals surface area contributed by atoms with Gasteiger partial charge in [-0.25, -0.2) is 4.74 Å². The molecular weight excluding hydrogens is 1070 g/mol. The van der Waals surface area contributed by atoms with Crippen LogP contribution < -0.4 is 69.7 Å². The van der Waals surface area contributed by atoms with Crippen molar-refractivity contribution < 1.29 is 18.3 Å². The van der Waals surface area contributed by atoms with Crippen LogP contribution in [-0.2, 0) is 0 Å². The fourth-order valence-electron chi connectivity index (χ4n) is 10.7. The van der Waals surface area contributed by atoms with E-state index >= 15 is 0 Å². The van der Waals surface area contributed by atoms with Crippen molar-refractivity contribution in [1.82, 2.24) is 0 Å². The summed E-state index contributed by atoms with van der Waals surface area (Å²) in [5.41, 5.74) is 8.44. The molecule has 0 unspecified atom stereocenters. The molecule has 0 radical (unpaired) electrons. The average molecular weight is 1140 g/mol. The van der Waals surface area contributed by atoms with Gasteiger partial charge in [0.1, 0.15) is 0 Å². The lowest BCUT2D eigenvalue weighted by Gasteiger charge is -2.27. The number of anilines is 4. The molecule has 0 amide bonds. The SMILES string of the molecule is CN(C)c1cc[n+](-c2c(N=NN=P(c3ccccc3)(c3ccccc3)c3ccccc3)c(N=P(c3ccccc3)(c3ccccc3)c3ccccc3)c(-[n+]3ccc(N(C)C)cc3)c(-[n+]3ccc(N(C)C)cc3)c2-[n+]2ccc(N(C)C)cc2)cc1. The van der Waals surface area contributed by atoms with E-state index in [2.05, 4.69) is 374 Å². The predicted octanol–water partition coefficient (Wildman–Crippen LogP) is 11.0. The molecule has 0 aliphatic heterocycles. The lowest BCUT2D eigenvalue weighted by molar-refractivity contribution is -0.661. The van der Waals surface area contributed by atoms with E-state index in [0.29, 0.717) is 11.4 Å². The second kappa shape index (κ2) is 24.9. The molecule has 4 aromatic heterocycles. The van der Waals surface area contributed by atoms with Crippen LogP contribution in [0.5, 0.6) is 0 Å². The highest BCUT2D eigenvalue weighted by molar-refractivity contribution is 7.87. The van der Waals surface area contributed by atoms with Crippen molar-refractivity contribution >= 4 is 80.1 Å². The van der Waals surface area contributed by atoms with Gasteiger partial charge in [0, 0.05) is 159 Å². The van der Waals surface area contributed by atoms with Crippen molar-refractivity contribution in [3.8, 4) is 22.7 Å². The first-order valence-corrected chi connectivity index (χ1v) is 31.4. The van der Waals surface area contributed by atoms with Crippen LogP contribution in [0.1, 0.15) is 0 Å². The van der Waals surface area contributed by atoms with E-state index in [0.717, 1.165) is 77.3 Å². The Morgan fingerprint density at radius 1 is 0.262 bits per heavy atom. The predicted molar refractivity (Wildman–Crippen MR) is 349 cm³/mol. The van der Waals surface area contributed by atoms with Gasteiger partial charge in [0.05, 0.1) is 14.1 Å². The van der Waals surface area contributed by atoms with Crippen molar-refractivity contribution in [2.75, 3.05) is 76.0 Å². The smallest absolute Gasteiger partial charge is 0.365 e. The van der Waals surface area contributed by atoms with Gasteiger partial charge in [-0.1, -0.05) is 182 Å². The number of aromatic nitrogens is 4. The van der Waals surface area contributed by atoms with E-state index in [1.807, 2.05) is 0 Å². The monoisotopic (exact) mass is 1140 g/mol. The summed E-state index contributed by atoms with van der Waals surface area (Å²) < 4.78 is 15.4. The van der Waals surface area contributed by atoms with E-state index in [1.165, 1.54) is 0 Å². The van der Waals surface area contributed by atoms with Gasteiger partial charge in [-0.15, -0.1) is 9.97 Å². The molecule has 0 saturated carbocycles. The summed E-state index contributed by atoms with van der Waals surface area (Å²) in [6.07, 6.45) is 17.1. The molecule has 0 aliphatic carbocycles. The zero-order valence-electron chi connectivity index (χ0n) is 48.8. The number of nitrogens with zero attached hydrogens (tertiary/aromatic N) is 12. The summed E-state index contributed by atoms with van der Waals surface area (Å²) in [5.74, 6) is 0. The first-order valence-electron chi connectivity index (χ1n) is 28.0. The molecule has 11 rings (SSSR count). The fraction of sp³-hybridized carbons (Fsp3) is 0.114. The number of hydrogen-bond donors (Lipinski definition) is 0. The van der Waals surface area contributed by atoms with Crippen LogP contribution in [0.25, 0.3) is 22.7 Å². The second-order valence-electron chi connectivity index (χ2n) is 21.2. The molecule has 0 bridgehead atoms. The van der Waals surface area contributed by atoms with Gasteiger partial charge in [0.15, 0.2) is 60.9 Å². The van der Waals surface area contributed by atoms with Crippen molar-refractivity contribution in [2.45, 2.75) is 0 Å². The zero-order valence-corrected chi connectivity index (χ0v) is 50.6. The molecule has 7 aromatic carbocycles. The van der Waals surface area contributed by atoms with E-state index in [9.17, 15) is 0 Å². The van der Waals surface area contributed by atoms with Gasteiger partial charge >= 0.3 is 22.7 Å². The molecule has 0 atom stereocenters. The number of hydrogen-bond acceptors (Lipinski definition) is 6. The highest BCUT2D eigenvalue weighted by Crippen LogP contribution is 2.55. The molecule has 416 valence electrons. The third-order valence-corrected chi connectivity index (χ3v) is 22.2. The molecule has 11 aromatic rings. The molecule has 0 saturated heterocycles. The van der Waals surface area contributed by atoms with Crippen LogP contribution in [0.4, 0.5) is 34.1 Å². The van der Waals surface area contributed by atoms with Crippen molar-refractivity contribution in [3.05, 3.63) is 280 Å². The van der Waals surface area contributed by atoms with Crippen molar-refractivity contribution in [1.29, 1.82) is 0 Å². The molecular formula is C70H70N12P2+4. The second-order valence-corrected chi connectivity index (χ2v) is 27.2. The number of pyridine rings is 4. The van der Waals surface area contributed by atoms with Crippen molar-refractivity contribution in [3.63, 3.8) is 0 Å². The molecule has 4 heterocycles. The summed E-state index contributed by atoms with van der Waals surface area (Å²) in [7, 11) is 10.5. The van der Waals surface area contributed by atoms with Gasteiger partial charge in [-0.05, 0) is 5.22 Å². The minimum Gasteiger partial charge on any atom is -0.377 e. The summed E-state index contributed by atoms with van der Waals surface area (Å²) in [6, 6.07) is 81.3. The van der Waals surface area contributed by atoms with Crippen LogP contribution in [0.3, 0.4) is 0 Å². The highest BCUT2D eigenvalue weighted by Gasteiger charge is 2.47. The van der Waals surface area contributed by atoms with Gasteiger partial charge < -0.3 is 19.6 Å². The van der Waals surface area contributed by atoms with Crippen molar-refractivity contribution in [2.24, 2.45) is 19.9 Å². The van der Waals surface area contributed by atoms with Crippen LogP contribution in [0.15, 0.2) is 300 Å². The van der Waals surface area contributed by atoms with Gasteiger partial charge in [-0.2, -0.15) is 18.3 Å². The summed E-state index contributed by atoms with van der Waals surface area (Å²) in [4.78, 5) is 14.2. The Hall–Kier alpha value is -9.60. The average Bonchev–Trinajstić information content (AvgIpc) is 0.930. The van der Waals surface area contributed by atoms with Gasteiger partial charge in [-0.3, -0.25) is 0 Å². The highest BCUT2D eigenvalue weighted by atomic mass is 31.2. The maximum Gasteiger partial charge on any atom is 0.365 e. The van der Waals surface area contributed by atoms with Crippen LogP contribution in [0.2, 0.25) is 0 Å². The summed E-state index contributed by atoms with van der Waals surface area (Å²) in [6.45, 7) is 0. The molecule has 12 nitrogen and oxygen atoms in total. The lowest BCUT2D eigenvalue weighted by Crippen LogP contribution is -2.47. The maximum absolute atomic E-state index is 6.59. The van der Waals surface area contributed by atoms with Gasteiger partial charge in [0.2, 0.25) is 0 Å². The Morgan fingerprint density at radius 2 is 0.488 bits per heavy atom.